The molecular weight excluding hydrogens is 388 g/mol. The van der Waals surface area contributed by atoms with Crippen molar-refractivity contribution in [1.29, 1.82) is 0 Å². The molecule has 0 bridgehead atoms. The number of fused-ring (bicyclic) bond motifs is 1. The quantitative estimate of drug-likeness (QED) is 0.542. The van der Waals surface area contributed by atoms with Crippen LogP contribution < -0.4 is 4.74 Å². The van der Waals surface area contributed by atoms with Crippen LogP contribution in [0.3, 0.4) is 0 Å². The van der Waals surface area contributed by atoms with Crippen LogP contribution in [0.2, 0.25) is 5.02 Å². The molecule has 0 radical (unpaired) electrons. The van der Waals surface area contributed by atoms with Crippen LogP contribution in [0.15, 0.2) is 48.5 Å². The fourth-order valence-corrected chi connectivity index (χ4v) is 2.88. The molecular formula is C19H11ClF4O3. The maximum absolute atomic E-state index is 14.1. The highest BCUT2D eigenvalue weighted by atomic mass is 35.5. The van der Waals surface area contributed by atoms with Gasteiger partial charge < -0.3 is 9.84 Å². The fourth-order valence-electron chi connectivity index (χ4n) is 2.64. The number of hydrogen-bond acceptors (Lipinski definition) is 2. The standard InChI is InChI=1S/C19H11ClF4O3/c20-15-7-12(19(22,23)24)8-16(21)18(15)27-13-5-4-10-2-1-3-11(6-17(25)26)14(10)9-13/h1-5,7-9H,6H2,(H,25,26). The molecule has 8 heteroatoms. The number of alkyl halides is 3. The predicted molar refractivity (Wildman–Crippen MR) is 91.8 cm³/mol. The second kappa shape index (κ2) is 7.08. The van der Waals surface area contributed by atoms with E-state index in [9.17, 15) is 22.4 Å². The van der Waals surface area contributed by atoms with E-state index in [0.717, 1.165) is 5.39 Å². The van der Waals surface area contributed by atoms with Crippen LogP contribution in [0.1, 0.15) is 11.1 Å². The summed E-state index contributed by atoms with van der Waals surface area (Å²) in [5.74, 6) is -2.71. The molecule has 27 heavy (non-hydrogen) atoms. The number of carboxylic acids is 1. The largest absolute Gasteiger partial charge is 0.481 e. The molecule has 0 heterocycles. The van der Waals surface area contributed by atoms with E-state index in [1.165, 1.54) is 12.1 Å². The molecule has 140 valence electrons. The molecule has 0 saturated carbocycles. The topological polar surface area (TPSA) is 46.5 Å². The third-order valence-corrected chi connectivity index (χ3v) is 4.11. The van der Waals surface area contributed by atoms with E-state index < -0.39 is 34.3 Å². The SMILES string of the molecule is O=C(O)Cc1cccc2ccc(Oc3c(F)cc(C(F)(F)F)cc3Cl)cc12. The molecule has 0 fully saturated rings. The van der Waals surface area contributed by atoms with Crippen LogP contribution in [0, 0.1) is 5.82 Å². The van der Waals surface area contributed by atoms with Crippen LogP contribution >= 0.6 is 11.6 Å². The lowest BCUT2D eigenvalue weighted by molar-refractivity contribution is -0.138. The lowest BCUT2D eigenvalue weighted by Crippen LogP contribution is -2.06. The van der Waals surface area contributed by atoms with Crippen molar-refractivity contribution in [2.45, 2.75) is 12.6 Å². The molecule has 0 atom stereocenters. The Balaban J connectivity index is 2.01. The number of hydrogen-bond donors (Lipinski definition) is 1. The van der Waals surface area contributed by atoms with Crippen molar-refractivity contribution in [2.75, 3.05) is 0 Å². The Morgan fingerprint density at radius 1 is 1.11 bits per heavy atom. The number of carbonyl (C=O) groups is 1. The molecule has 0 saturated heterocycles. The van der Waals surface area contributed by atoms with Gasteiger partial charge in [0.1, 0.15) is 5.75 Å². The van der Waals surface area contributed by atoms with Gasteiger partial charge in [-0.25, -0.2) is 4.39 Å². The van der Waals surface area contributed by atoms with Gasteiger partial charge in [-0.15, -0.1) is 0 Å². The molecule has 0 spiro atoms. The number of halogens is 5. The molecule has 0 aromatic heterocycles. The van der Waals surface area contributed by atoms with Gasteiger partial charge in [0.2, 0.25) is 0 Å². The summed E-state index contributed by atoms with van der Waals surface area (Å²) in [7, 11) is 0. The Morgan fingerprint density at radius 3 is 2.48 bits per heavy atom. The summed E-state index contributed by atoms with van der Waals surface area (Å²) in [6.45, 7) is 0. The number of rotatable bonds is 4. The third kappa shape index (κ3) is 4.14. The summed E-state index contributed by atoms with van der Waals surface area (Å²) in [4.78, 5) is 11.0. The van der Waals surface area contributed by atoms with Gasteiger partial charge in [0.25, 0.3) is 0 Å². The molecule has 3 aromatic rings. The lowest BCUT2D eigenvalue weighted by atomic mass is 10.0. The number of ether oxygens (including phenoxy) is 1. The molecule has 0 unspecified atom stereocenters. The molecule has 0 aliphatic carbocycles. The molecule has 0 aliphatic rings. The van der Waals surface area contributed by atoms with E-state index in [2.05, 4.69) is 0 Å². The Bertz CT molecular complexity index is 1010. The molecule has 0 aliphatic heterocycles. The smallest absolute Gasteiger partial charge is 0.416 e. The minimum absolute atomic E-state index is 0.112. The summed E-state index contributed by atoms with van der Waals surface area (Å²) in [5, 5.41) is 9.78. The zero-order valence-electron chi connectivity index (χ0n) is 13.5. The minimum Gasteiger partial charge on any atom is -0.481 e. The van der Waals surface area contributed by atoms with Crippen molar-refractivity contribution in [2.24, 2.45) is 0 Å². The third-order valence-electron chi connectivity index (χ3n) is 3.83. The maximum Gasteiger partial charge on any atom is 0.416 e. The van der Waals surface area contributed by atoms with Crippen LogP contribution in [0.4, 0.5) is 17.6 Å². The second-order valence-corrected chi connectivity index (χ2v) is 6.15. The number of carboxylic acid groups (broad SMARTS) is 1. The van der Waals surface area contributed by atoms with E-state index in [1.807, 2.05) is 0 Å². The molecule has 0 amide bonds. The van der Waals surface area contributed by atoms with Gasteiger partial charge in [0.15, 0.2) is 11.6 Å². The van der Waals surface area contributed by atoms with Crippen LogP contribution in [-0.2, 0) is 17.4 Å². The van der Waals surface area contributed by atoms with Crippen LogP contribution in [0.25, 0.3) is 10.8 Å². The Morgan fingerprint density at radius 2 is 1.85 bits per heavy atom. The van der Waals surface area contributed by atoms with Crippen molar-refractivity contribution >= 4 is 28.3 Å². The lowest BCUT2D eigenvalue weighted by Gasteiger charge is -2.13. The van der Waals surface area contributed by atoms with Gasteiger partial charge in [0, 0.05) is 0 Å². The van der Waals surface area contributed by atoms with Crippen LogP contribution in [-0.4, -0.2) is 11.1 Å². The molecule has 3 nitrogen and oxygen atoms in total. The average Bonchev–Trinajstić information content (AvgIpc) is 2.57. The van der Waals surface area contributed by atoms with Gasteiger partial charge in [-0.05, 0) is 40.6 Å². The monoisotopic (exact) mass is 398 g/mol. The van der Waals surface area contributed by atoms with Gasteiger partial charge in [0.05, 0.1) is 17.0 Å². The highest BCUT2D eigenvalue weighted by Gasteiger charge is 2.32. The van der Waals surface area contributed by atoms with Gasteiger partial charge in [-0.2, -0.15) is 13.2 Å². The minimum atomic E-state index is -4.74. The zero-order chi connectivity index (χ0) is 19.8. The summed E-state index contributed by atoms with van der Waals surface area (Å²) in [6.07, 6.45) is -4.96. The number of aliphatic carboxylic acids is 1. The summed E-state index contributed by atoms with van der Waals surface area (Å²) in [6, 6.07) is 10.6. The first-order chi connectivity index (χ1) is 12.6. The first kappa shape index (κ1) is 19.0. The van der Waals surface area contributed by atoms with Crippen molar-refractivity contribution in [3.8, 4) is 11.5 Å². The van der Waals surface area contributed by atoms with E-state index in [4.69, 9.17) is 21.4 Å². The van der Waals surface area contributed by atoms with E-state index in [-0.39, 0.29) is 12.2 Å². The summed E-state index contributed by atoms with van der Waals surface area (Å²) < 4.78 is 57.6. The Hall–Kier alpha value is -2.80. The summed E-state index contributed by atoms with van der Waals surface area (Å²) in [5.41, 5.74) is -0.705. The first-order valence-corrected chi connectivity index (χ1v) is 8.00. The Kier molecular flexibility index (Phi) is 4.97. The molecule has 1 N–H and O–H groups in total. The van der Waals surface area contributed by atoms with Crippen LogP contribution in [0.5, 0.6) is 11.5 Å². The second-order valence-electron chi connectivity index (χ2n) is 5.74. The van der Waals surface area contributed by atoms with Crippen molar-refractivity contribution in [3.05, 3.63) is 70.5 Å². The average molecular weight is 399 g/mol. The maximum atomic E-state index is 14.1. The predicted octanol–water partition coefficient (Wildman–Crippen LogP) is 6.07. The van der Waals surface area contributed by atoms with E-state index in [0.29, 0.717) is 23.1 Å². The number of benzene rings is 3. The van der Waals surface area contributed by atoms with Crippen molar-refractivity contribution in [3.63, 3.8) is 0 Å². The van der Waals surface area contributed by atoms with Crippen molar-refractivity contribution < 1.29 is 32.2 Å². The molecule has 3 aromatic carbocycles. The first-order valence-electron chi connectivity index (χ1n) is 7.62. The van der Waals surface area contributed by atoms with Gasteiger partial charge in [-0.3, -0.25) is 4.79 Å². The highest BCUT2D eigenvalue weighted by Crippen LogP contribution is 2.39. The molecule has 3 rings (SSSR count). The van der Waals surface area contributed by atoms with E-state index >= 15 is 0 Å². The van der Waals surface area contributed by atoms with Crippen molar-refractivity contribution in [1.82, 2.24) is 0 Å². The highest BCUT2D eigenvalue weighted by molar-refractivity contribution is 6.32. The van der Waals surface area contributed by atoms with Gasteiger partial charge >= 0.3 is 12.1 Å². The Labute approximate surface area is 155 Å². The normalized spacial score (nSPS) is 11.6. The summed E-state index contributed by atoms with van der Waals surface area (Å²) >= 11 is 5.77. The van der Waals surface area contributed by atoms with Gasteiger partial charge in [-0.1, -0.05) is 35.9 Å². The van der Waals surface area contributed by atoms with E-state index in [1.54, 1.807) is 24.3 Å². The fraction of sp³-hybridized carbons (Fsp3) is 0.105. The zero-order valence-corrected chi connectivity index (χ0v) is 14.2.